The number of nitrogens with zero attached hydrogens (tertiary/aromatic N) is 3. The van der Waals surface area contributed by atoms with E-state index in [-0.39, 0.29) is 63.2 Å². The van der Waals surface area contributed by atoms with Crippen molar-refractivity contribution in [1.29, 1.82) is 0 Å². The lowest BCUT2D eigenvalue weighted by atomic mass is 9.84. The summed E-state index contributed by atoms with van der Waals surface area (Å²) < 4.78 is 81.1. The molecule has 344 valence electrons. The highest BCUT2D eigenvalue weighted by Gasteiger charge is 2.44. The predicted molar refractivity (Wildman–Crippen MR) is 239 cm³/mol. The topological polar surface area (TPSA) is 102 Å². The highest BCUT2D eigenvalue weighted by molar-refractivity contribution is 7.59. The van der Waals surface area contributed by atoms with E-state index in [1.165, 1.54) is 44.3 Å². The maximum absolute atomic E-state index is 12.9. The van der Waals surface area contributed by atoms with Crippen LogP contribution < -0.4 is 5.32 Å². The quantitative estimate of drug-likeness (QED) is 0.144. The first kappa shape index (κ1) is 61.8. The Morgan fingerprint density at radius 1 is 0.733 bits per heavy atom. The Morgan fingerprint density at radius 3 is 1.47 bits per heavy atom. The fourth-order valence-electron chi connectivity index (χ4n) is 5.47. The van der Waals surface area contributed by atoms with Crippen molar-refractivity contribution < 1.29 is 50.6 Å². The maximum atomic E-state index is 12.9. The van der Waals surface area contributed by atoms with E-state index in [0.717, 1.165) is 9.80 Å². The minimum absolute atomic E-state index is 0. The van der Waals surface area contributed by atoms with Crippen LogP contribution in [0.15, 0.2) is 61.7 Å². The second-order valence-electron chi connectivity index (χ2n) is 14.0. The summed E-state index contributed by atoms with van der Waals surface area (Å²) in [5, 5.41) is 11.8. The summed E-state index contributed by atoms with van der Waals surface area (Å²) in [7, 11) is 5.68. The number of amides is 3. The Labute approximate surface area is 383 Å². The second-order valence-corrected chi connectivity index (χ2v) is 15.7. The van der Waals surface area contributed by atoms with Crippen molar-refractivity contribution in [3.63, 3.8) is 0 Å². The minimum atomic E-state index is -4.66. The van der Waals surface area contributed by atoms with Crippen molar-refractivity contribution in [3.05, 3.63) is 92.9 Å². The van der Waals surface area contributed by atoms with Crippen LogP contribution in [0.25, 0.3) is 0 Å². The molecule has 0 aliphatic carbocycles. The van der Waals surface area contributed by atoms with E-state index in [4.69, 9.17) is 56.2 Å². The summed E-state index contributed by atoms with van der Waals surface area (Å²) >= 11 is 24.2. The molecule has 60 heavy (non-hydrogen) atoms. The number of benzene rings is 2. The van der Waals surface area contributed by atoms with E-state index in [1.54, 1.807) is 65.1 Å². The zero-order valence-corrected chi connectivity index (χ0v) is 39.7. The molecule has 2 aromatic rings. The van der Waals surface area contributed by atoms with Crippen LogP contribution in [-0.4, -0.2) is 104 Å². The summed E-state index contributed by atoms with van der Waals surface area (Å²) in [5.74, 6) is -2.15. The molecule has 9 nitrogen and oxygen atoms in total. The lowest BCUT2D eigenvalue weighted by Gasteiger charge is -2.44. The van der Waals surface area contributed by atoms with Crippen molar-refractivity contribution in [1.82, 2.24) is 20.0 Å². The molecule has 0 saturated heterocycles. The summed E-state index contributed by atoms with van der Waals surface area (Å²) in [6.45, 7) is 14.1. The second kappa shape index (κ2) is 26.8. The molecule has 0 fully saturated rings. The molecule has 0 bridgehead atoms. The third kappa shape index (κ3) is 20.6. The predicted octanol–water partition coefficient (Wildman–Crippen LogP) is 10.7. The van der Waals surface area contributed by atoms with Crippen LogP contribution in [0.3, 0.4) is 0 Å². The van der Waals surface area contributed by atoms with Gasteiger partial charge in [-0.15, -0.1) is 13.2 Å². The van der Waals surface area contributed by atoms with Gasteiger partial charge in [0.25, 0.3) is 0 Å². The van der Waals surface area contributed by atoms with Crippen molar-refractivity contribution >= 4 is 91.3 Å². The first-order valence-corrected chi connectivity index (χ1v) is 19.0. The number of carbonyl (C=O) groups is 3. The molecule has 2 aromatic carbocycles. The van der Waals surface area contributed by atoms with Crippen molar-refractivity contribution in [2.75, 3.05) is 47.9 Å². The largest absolute Gasteiger partial charge is 0.444 e. The van der Waals surface area contributed by atoms with E-state index in [1.807, 2.05) is 0 Å². The van der Waals surface area contributed by atoms with Gasteiger partial charge in [0.2, 0.25) is 11.8 Å². The Kier molecular flexibility index (Phi) is 27.6. The minimum Gasteiger partial charge on any atom is -0.444 e. The zero-order chi connectivity index (χ0) is 45.4. The highest BCUT2D eigenvalue weighted by Crippen LogP contribution is 2.38. The van der Waals surface area contributed by atoms with E-state index in [0.29, 0.717) is 27.6 Å². The molecule has 0 saturated carbocycles. The molecule has 0 aliphatic rings. The lowest BCUT2D eigenvalue weighted by molar-refractivity contribution is -0.163. The molecule has 0 radical (unpaired) electrons. The Morgan fingerprint density at radius 2 is 1.12 bits per heavy atom. The maximum Gasteiger partial charge on any atom is 0.410 e. The number of nitrogens with one attached hydrogen (secondary N) is 1. The van der Waals surface area contributed by atoms with Gasteiger partial charge in [0.1, 0.15) is 18.4 Å². The monoisotopic (exact) mass is 978 g/mol. The molecule has 0 aromatic heterocycles. The van der Waals surface area contributed by atoms with Crippen LogP contribution >= 0.6 is 73.4 Å². The van der Waals surface area contributed by atoms with Crippen LogP contribution in [0.5, 0.6) is 0 Å². The number of halogens is 10. The molecule has 0 unspecified atom stereocenters. The number of ether oxygens (including phenoxy) is 1. The van der Waals surface area contributed by atoms with Gasteiger partial charge in [0.05, 0.1) is 31.2 Å². The van der Waals surface area contributed by atoms with Gasteiger partial charge < -0.3 is 25.0 Å². The van der Waals surface area contributed by atoms with Gasteiger partial charge in [-0.25, -0.2) is 4.79 Å². The average Bonchev–Trinajstić information content (AvgIpc) is 3.08. The SMILES string of the molecule is C=CC[C@@](CN(C)C(=O)CC(F)(F)F)(c1ccc(Cl)c(Cl)c1)N(C)C(=O)OC(C)(C)C.C=CC[C@](CN(C)C(=O)CC(F)(F)F)(NC)c1ccc(Cl)c(Cl)c1.CCO.S.S. The molecular weight excluding hydrogens is 924 g/mol. The number of carbonyl (C=O) groups excluding carboxylic acids is 3. The molecule has 2 atom stereocenters. The van der Waals surface area contributed by atoms with E-state index < -0.39 is 59.8 Å². The van der Waals surface area contributed by atoms with Gasteiger partial charge in [0, 0.05) is 40.8 Å². The van der Waals surface area contributed by atoms with Crippen LogP contribution in [0.1, 0.15) is 64.5 Å². The van der Waals surface area contributed by atoms with Crippen molar-refractivity contribution in [2.24, 2.45) is 0 Å². The van der Waals surface area contributed by atoms with Crippen molar-refractivity contribution in [3.8, 4) is 0 Å². The number of rotatable bonds is 14. The molecular formula is C39H56Cl4F6N4O5S2. The Bertz CT molecular complexity index is 1710. The molecule has 21 heteroatoms. The molecule has 0 heterocycles. The lowest BCUT2D eigenvalue weighted by Crippen LogP contribution is -2.55. The fraction of sp³-hybridized carbons (Fsp3) is 0.513. The summed E-state index contributed by atoms with van der Waals surface area (Å²) in [4.78, 5) is 40.2. The molecule has 0 spiro atoms. The highest BCUT2D eigenvalue weighted by atomic mass is 35.5. The Hall–Kier alpha value is -2.51. The van der Waals surface area contributed by atoms with Crippen LogP contribution in [-0.2, 0) is 25.4 Å². The van der Waals surface area contributed by atoms with E-state index >= 15 is 0 Å². The first-order valence-electron chi connectivity index (χ1n) is 17.5. The third-order valence-electron chi connectivity index (χ3n) is 8.25. The number of likely N-dealkylation sites (N-methyl/N-ethyl adjacent to an activating group) is 4. The number of aliphatic hydroxyl groups excluding tert-OH is 1. The smallest absolute Gasteiger partial charge is 0.410 e. The summed E-state index contributed by atoms with van der Waals surface area (Å²) in [6.07, 6.45) is -9.44. The summed E-state index contributed by atoms with van der Waals surface area (Å²) in [6, 6.07) is 9.57. The van der Waals surface area contributed by atoms with Gasteiger partial charge in [-0.3, -0.25) is 14.5 Å². The first-order chi connectivity index (χ1) is 26.5. The molecule has 2 rings (SSSR count). The molecule has 0 aliphatic heterocycles. The van der Waals surface area contributed by atoms with Gasteiger partial charge >= 0.3 is 18.4 Å². The fourth-order valence-corrected chi connectivity index (χ4v) is 6.06. The Balaban J connectivity index is -0.00000101. The van der Waals surface area contributed by atoms with Gasteiger partial charge in [-0.2, -0.15) is 53.3 Å². The van der Waals surface area contributed by atoms with Gasteiger partial charge in [-0.1, -0.05) is 70.7 Å². The third-order valence-corrected chi connectivity index (χ3v) is 9.73. The zero-order valence-electron chi connectivity index (χ0n) is 34.7. The average molecular weight is 981 g/mol. The normalized spacial score (nSPS) is 13.1. The number of alkyl halides is 6. The van der Waals surface area contributed by atoms with Crippen LogP contribution in [0, 0.1) is 0 Å². The number of hydrogen-bond donors (Lipinski definition) is 2. The summed E-state index contributed by atoms with van der Waals surface area (Å²) in [5.41, 5.74) is -1.80. The number of hydrogen-bond acceptors (Lipinski definition) is 6. The number of aliphatic hydroxyl groups is 1. The van der Waals surface area contributed by atoms with E-state index in [2.05, 4.69) is 18.5 Å². The molecule has 2 N–H and O–H groups in total. The van der Waals surface area contributed by atoms with Gasteiger partial charge in [-0.05, 0) is 83.0 Å². The molecule has 3 amide bonds. The van der Waals surface area contributed by atoms with Crippen LogP contribution in [0.4, 0.5) is 31.1 Å². The van der Waals surface area contributed by atoms with Crippen LogP contribution in [0.2, 0.25) is 20.1 Å². The van der Waals surface area contributed by atoms with Crippen molar-refractivity contribution in [2.45, 2.75) is 82.4 Å². The van der Waals surface area contributed by atoms with Gasteiger partial charge in [0.15, 0.2) is 0 Å². The standard InChI is InChI=1S/C21H27Cl2F3N2O3.C16H19Cl2F3N2O.C2H6O.2H2S/c1-7-10-20(14-8-9-15(22)16(23)11-14,28(6)18(30)31-19(2,3)4)13-27(5)17(29)12-21(24,25)26;1-4-7-15(22-2,11-5-6-12(17)13(18)8-11)10-23(3)14(24)9-16(19,20)21;1-2-3;;/h7-9,11H,1,10,12-13H2,2-6H3;4-6,8,22H,1,7,9-10H2,2-3H3;3H,2H2,1H3;2*1H2/t20-;15-;;;/m11.../s1. The van der Waals surface area contributed by atoms with E-state index in [9.17, 15) is 40.7 Å².